The van der Waals surface area contributed by atoms with Crippen molar-refractivity contribution >= 4 is 23.0 Å². The molecule has 2 aromatic carbocycles. The van der Waals surface area contributed by atoms with Gasteiger partial charge in [0.2, 0.25) is 5.75 Å². The van der Waals surface area contributed by atoms with Gasteiger partial charge in [0.05, 0.1) is 10.6 Å². The van der Waals surface area contributed by atoms with Crippen LogP contribution in [0, 0.1) is 10.1 Å². The van der Waals surface area contributed by atoms with Crippen LogP contribution in [0.25, 0.3) is 0 Å². The van der Waals surface area contributed by atoms with E-state index in [1.165, 1.54) is 12.1 Å². The fraction of sp³-hybridized carbons (Fsp3) is 0. The van der Waals surface area contributed by atoms with Crippen LogP contribution in [0.4, 0.5) is 11.4 Å². The van der Waals surface area contributed by atoms with E-state index in [-0.39, 0.29) is 16.5 Å². The van der Waals surface area contributed by atoms with Crippen molar-refractivity contribution in [1.29, 1.82) is 0 Å². The van der Waals surface area contributed by atoms with Gasteiger partial charge in [0.1, 0.15) is 5.02 Å². The highest BCUT2D eigenvalue weighted by molar-refractivity contribution is 6.32. The standard InChI is InChI=1S/C12H9ClN2O3/c13-8-4-3-7-11(12(8)15(16)17)18-10-6-2-1-5-9(10)14/h1-7H,14H2. The van der Waals surface area contributed by atoms with E-state index >= 15 is 0 Å². The molecule has 0 aliphatic rings. The zero-order chi connectivity index (χ0) is 13.1. The SMILES string of the molecule is Nc1ccccc1Oc1cccc(Cl)c1[N+](=O)[O-]. The fourth-order valence-electron chi connectivity index (χ4n) is 1.45. The molecule has 0 unspecified atom stereocenters. The van der Waals surface area contributed by atoms with Crippen molar-refractivity contribution in [2.75, 3.05) is 5.73 Å². The molecule has 2 N–H and O–H groups in total. The zero-order valence-corrected chi connectivity index (χ0v) is 9.92. The average molecular weight is 265 g/mol. The second-order valence-electron chi connectivity index (χ2n) is 3.48. The van der Waals surface area contributed by atoms with Crippen molar-refractivity contribution in [3.8, 4) is 11.5 Å². The number of nitro benzene ring substituents is 1. The molecule has 0 bridgehead atoms. The molecule has 92 valence electrons. The van der Waals surface area contributed by atoms with Crippen molar-refractivity contribution in [1.82, 2.24) is 0 Å². The molecule has 6 heteroatoms. The lowest BCUT2D eigenvalue weighted by atomic mass is 10.2. The first-order valence-electron chi connectivity index (χ1n) is 5.05. The van der Waals surface area contributed by atoms with Crippen LogP contribution >= 0.6 is 11.6 Å². The van der Waals surface area contributed by atoms with E-state index < -0.39 is 4.92 Å². The lowest BCUT2D eigenvalue weighted by Crippen LogP contribution is -1.96. The second-order valence-corrected chi connectivity index (χ2v) is 3.89. The van der Waals surface area contributed by atoms with Crippen LogP contribution in [-0.2, 0) is 0 Å². The third kappa shape index (κ3) is 2.36. The highest BCUT2D eigenvalue weighted by atomic mass is 35.5. The molecule has 0 saturated carbocycles. The minimum atomic E-state index is -0.587. The second kappa shape index (κ2) is 4.93. The number of nitro groups is 1. The van der Waals surface area contributed by atoms with Crippen molar-refractivity contribution in [3.05, 3.63) is 57.6 Å². The highest BCUT2D eigenvalue weighted by Crippen LogP contribution is 2.38. The van der Waals surface area contributed by atoms with Crippen molar-refractivity contribution in [2.24, 2.45) is 0 Å². The molecule has 0 fully saturated rings. The van der Waals surface area contributed by atoms with E-state index in [4.69, 9.17) is 22.1 Å². The number of halogens is 1. The van der Waals surface area contributed by atoms with Crippen molar-refractivity contribution in [3.63, 3.8) is 0 Å². The molecular formula is C12H9ClN2O3. The van der Waals surface area contributed by atoms with Gasteiger partial charge in [-0.05, 0) is 24.3 Å². The summed E-state index contributed by atoms with van der Waals surface area (Å²) >= 11 is 5.78. The summed E-state index contributed by atoms with van der Waals surface area (Å²) in [5.41, 5.74) is 5.82. The summed E-state index contributed by atoms with van der Waals surface area (Å²) in [5, 5.41) is 10.9. The normalized spacial score (nSPS) is 10.1. The summed E-state index contributed by atoms with van der Waals surface area (Å²) in [6.07, 6.45) is 0. The monoisotopic (exact) mass is 264 g/mol. The zero-order valence-electron chi connectivity index (χ0n) is 9.17. The summed E-state index contributed by atoms with van der Waals surface area (Å²) in [7, 11) is 0. The molecule has 18 heavy (non-hydrogen) atoms. The van der Waals surface area contributed by atoms with Gasteiger partial charge in [-0.3, -0.25) is 10.1 Å². The van der Waals surface area contributed by atoms with Gasteiger partial charge in [0, 0.05) is 0 Å². The number of nitrogen functional groups attached to an aromatic ring is 1. The van der Waals surface area contributed by atoms with Crippen LogP contribution in [0.1, 0.15) is 0 Å². The Bertz CT molecular complexity index is 602. The lowest BCUT2D eigenvalue weighted by molar-refractivity contribution is -0.385. The summed E-state index contributed by atoms with van der Waals surface area (Å²) in [5.74, 6) is 0.410. The molecule has 0 aliphatic heterocycles. The molecule has 2 aromatic rings. The van der Waals surface area contributed by atoms with Gasteiger partial charge in [-0.25, -0.2) is 0 Å². The van der Waals surface area contributed by atoms with Gasteiger partial charge in [-0.2, -0.15) is 0 Å². The van der Waals surface area contributed by atoms with Crippen molar-refractivity contribution < 1.29 is 9.66 Å². The molecule has 0 aromatic heterocycles. The molecule has 0 spiro atoms. The van der Waals surface area contributed by atoms with Gasteiger partial charge in [0.25, 0.3) is 0 Å². The van der Waals surface area contributed by atoms with Crippen LogP contribution in [0.5, 0.6) is 11.5 Å². The smallest absolute Gasteiger partial charge is 0.329 e. The molecular weight excluding hydrogens is 256 g/mol. The Morgan fingerprint density at radius 1 is 1.11 bits per heavy atom. The van der Waals surface area contributed by atoms with Crippen LogP contribution in [0.3, 0.4) is 0 Å². The number of ether oxygens (including phenoxy) is 1. The topological polar surface area (TPSA) is 78.4 Å². The molecule has 0 atom stereocenters. The van der Waals surface area contributed by atoms with E-state index in [9.17, 15) is 10.1 Å². The van der Waals surface area contributed by atoms with Gasteiger partial charge in [-0.15, -0.1) is 0 Å². The van der Waals surface area contributed by atoms with E-state index in [1.807, 2.05) is 0 Å². The molecule has 0 radical (unpaired) electrons. The van der Waals surface area contributed by atoms with Crippen LogP contribution in [-0.4, -0.2) is 4.92 Å². The van der Waals surface area contributed by atoms with Crippen LogP contribution in [0.2, 0.25) is 5.02 Å². The first-order valence-corrected chi connectivity index (χ1v) is 5.42. The Kier molecular flexibility index (Phi) is 3.34. The molecule has 0 saturated heterocycles. The molecule has 0 aliphatic carbocycles. The Morgan fingerprint density at radius 2 is 1.78 bits per heavy atom. The third-order valence-corrected chi connectivity index (χ3v) is 2.58. The maximum absolute atomic E-state index is 10.9. The summed E-state index contributed by atoms with van der Waals surface area (Å²) in [6, 6.07) is 11.2. The maximum atomic E-state index is 10.9. The predicted molar refractivity (Wildman–Crippen MR) is 69.0 cm³/mol. The van der Waals surface area contributed by atoms with E-state index in [0.29, 0.717) is 11.4 Å². The molecule has 0 amide bonds. The molecule has 0 heterocycles. The van der Waals surface area contributed by atoms with Gasteiger partial charge in [0.15, 0.2) is 5.75 Å². The number of anilines is 1. The third-order valence-electron chi connectivity index (χ3n) is 2.27. The predicted octanol–water partition coefficient (Wildman–Crippen LogP) is 3.62. The highest BCUT2D eigenvalue weighted by Gasteiger charge is 2.20. The van der Waals surface area contributed by atoms with Crippen LogP contribution in [0.15, 0.2) is 42.5 Å². The minimum Gasteiger partial charge on any atom is -0.448 e. The number of hydrogen-bond acceptors (Lipinski definition) is 4. The van der Waals surface area contributed by atoms with E-state index in [0.717, 1.165) is 0 Å². The maximum Gasteiger partial charge on any atom is 0.329 e. The summed E-state index contributed by atoms with van der Waals surface area (Å²) in [4.78, 5) is 10.3. The Morgan fingerprint density at radius 3 is 2.44 bits per heavy atom. The Labute approximate surface area is 108 Å². The number of hydrogen-bond donors (Lipinski definition) is 1. The van der Waals surface area contributed by atoms with E-state index in [1.54, 1.807) is 30.3 Å². The fourth-order valence-corrected chi connectivity index (χ4v) is 1.68. The molecule has 5 nitrogen and oxygen atoms in total. The number of benzene rings is 2. The quantitative estimate of drug-likeness (QED) is 0.522. The Hall–Kier alpha value is -2.27. The van der Waals surface area contributed by atoms with E-state index in [2.05, 4.69) is 0 Å². The van der Waals surface area contributed by atoms with Gasteiger partial charge < -0.3 is 10.5 Å². The van der Waals surface area contributed by atoms with Crippen LogP contribution < -0.4 is 10.5 Å². The first-order chi connectivity index (χ1) is 8.59. The minimum absolute atomic E-state index is 0.0204. The molecule has 2 rings (SSSR count). The Balaban J connectivity index is 2.44. The summed E-state index contributed by atoms with van der Waals surface area (Å²) in [6.45, 7) is 0. The number of rotatable bonds is 3. The average Bonchev–Trinajstić information content (AvgIpc) is 2.31. The number of nitrogens with zero attached hydrogens (tertiary/aromatic N) is 1. The number of para-hydroxylation sites is 3. The summed E-state index contributed by atoms with van der Waals surface area (Å²) < 4.78 is 5.43. The largest absolute Gasteiger partial charge is 0.448 e. The first kappa shape index (κ1) is 12.2. The van der Waals surface area contributed by atoms with Gasteiger partial charge in [-0.1, -0.05) is 29.8 Å². The lowest BCUT2D eigenvalue weighted by Gasteiger charge is -2.08. The van der Waals surface area contributed by atoms with Crippen molar-refractivity contribution in [2.45, 2.75) is 0 Å². The number of nitrogens with two attached hydrogens (primary N) is 1. The van der Waals surface area contributed by atoms with Gasteiger partial charge >= 0.3 is 5.69 Å².